The van der Waals surface area contributed by atoms with Gasteiger partial charge in [-0.1, -0.05) is 18.2 Å². The van der Waals surface area contributed by atoms with Crippen LogP contribution in [0.25, 0.3) is 0 Å². The zero-order valence-electron chi connectivity index (χ0n) is 16.3. The molecule has 6 nitrogen and oxygen atoms in total. The van der Waals surface area contributed by atoms with E-state index in [0.29, 0.717) is 5.92 Å². The van der Waals surface area contributed by atoms with Crippen molar-refractivity contribution in [1.82, 2.24) is 15.1 Å². The van der Waals surface area contributed by atoms with Crippen molar-refractivity contribution in [3.8, 4) is 5.75 Å². The number of carbonyl (C=O) groups excluding carboxylic acids is 1. The molecule has 3 fully saturated rings. The third-order valence-corrected chi connectivity index (χ3v) is 6.33. The number of ether oxygens (including phenoxy) is 2. The lowest BCUT2D eigenvalue weighted by Gasteiger charge is -2.50. The normalized spacial score (nSPS) is 24.2. The molecule has 27 heavy (non-hydrogen) atoms. The average molecular weight is 373 g/mol. The molecule has 0 aromatic heterocycles. The van der Waals surface area contributed by atoms with Gasteiger partial charge in [0.15, 0.2) is 0 Å². The molecule has 3 saturated heterocycles. The minimum atomic E-state index is -0.0135. The molecule has 1 aromatic rings. The second-order valence-electron chi connectivity index (χ2n) is 8.07. The number of hydrogen-bond acceptors (Lipinski definition) is 4. The molecule has 3 aliphatic rings. The van der Waals surface area contributed by atoms with E-state index in [1.165, 1.54) is 5.56 Å². The Kier molecular flexibility index (Phi) is 5.55. The number of likely N-dealkylation sites (tertiary alicyclic amines) is 2. The minimum absolute atomic E-state index is 0.0135. The molecular weight excluding hydrogens is 342 g/mol. The second-order valence-corrected chi connectivity index (χ2v) is 8.07. The van der Waals surface area contributed by atoms with Crippen molar-refractivity contribution in [1.29, 1.82) is 0 Å². The molecule has 0 aliphatic carbocycles. The molecule has 4 rings (SSSR count). The maximum Gasteiger partial charge on any atom is 0.317 e. The first kappa shape index (κ1) is 18.6. The number of benzene rings is 1. The quantitative estimate of drug-likeness (QED) is 0.832. The van der Waals surface area contributed by atoms with Crippen LogP contribution in [0.15, 0.2) is 24.3 Å². The summed E-state index contributed by atoms with van der Waals surface area (Å²) in [4.78, 5) is 16.5. The topological polar surface area (TPSA) is 54.0 Å². The van der Waals surface area contributed by atoms with Gasteiger partial charge in [0.2, 0.25) is 0 Å². The lowest BCUT2D eigenvalue weighted by Crippen LogP contribution is -2.64. The van der Waals surface area contributed by atoms with Crippen molar-refractivity contribution in [3.63, 3.8) is 0 Å². The highest BCUT2D eigenvalue weighted by Gasteiger charge is 2.52. The monoisotopic (exact) mass is 373 g/mol. The Morgan fingerprint density at radius 3 is 2.85 bits per heavy atom. The summed E-state index contributed by atoms with van der Waals surface area (Å²) in [5.74, 6) is 1.48. The molecule has 0 saturated carbocycles. The van der Waals surface area contributed by atoms with Gasteiger partial charge in [-0.2, -0.15) is 0 Å². The molecule has 6 heteroatoms. The van der Waals surface area contributed by atoms with Crippen LogP contribution in [0.4, 0.5) is 4.79 Å². The number of carbonyl (C=O) groups is 1. The van der Waals surface area contributed by atoms with Gasteiger partial charge >= 0.3 is 6.03 Å². The smallest absolute Gasteiger partial charge is 0.317 e. The molecular formula is C21H31N3O3. The number of nitrogens with one attached hydrogen (secondary N) is 1. The van der Waals surface area contributed by atoms with Crippen LogP contribution in [0.1, 0.15) is 31.2 Å². The third kappa shape index (κ3) is 3.92. The zero-order chi connectivity index (χ0) is 18.7. The molecule has 1 N–H and O–H groups in total. The van der Waals surface area contributed by atoms with Crippen LogP contribution < -0.4 is 10.1 Å². The van der Waals surface area contributed by atoms with E-state index >= 15 is 0 Å². The highest BCUT2D eigenvalue weighted by molar-refractivity contribution is 5.74. The van der Waals surface area contributed by atoms with Crippen LogP contribution >= 0.6 is 0 Å². The van der Waals surface area contributed by atoms with Crippen LogP contribution in [0.3, 0.4) is 0 Å². The van der Waals surface area contributed by atoms with E-state index < -0.39 is 0 Å². The van der Waals surface area contributed by atoms with E-state index in [1.54, 1.807) is 7.11 Å². The number of rotatable bonds is 6. The summed E-state index contributed by atoms with van der Waals surface area (Å²) in [6, 6.07) is 8.32. The summed E-state index contributed by atoms with van der Waals surface area (Å²) in [6.07, 6.45) is 4.37. The van der Waals surface area contributed by atoms with Gasteiger partial charge in [0.1, 0.15) is 5.75 Å². The molecule has 1 aromatic carbocycles. The van der Waals surface area contributed by atoms with Crippen molar-refractivity contribution < 1.29 is 14.3 Å². The first-order chi connectivity index (χ1) is 13.2. The minimum Gasteiger partial charge on any atom is -0.496 e. The number of urea groups is 1. The van der Waals surface area contributed by atoms with Gasteiger partial charge in [0.05, 0.1) is 12.7 Å². The first-order valence-electron chi connectivity index (χ1n) is 10.2. The van der Waals surface area contributed by atoms with E-state index in [-0.39, 0.29) is 11.6 Å². The standard InChI is InChI=1S/C21H31N3O3/c1-26-19-7-3-2-6-17(19)14-23-15-21(16-23)18(9-13-27-21)8-10-22-20(25)24-11-4-5-12-24/h2-3,6-7,18H,4-5,8-16H2,1H3,(H,22,25)/t18-/m0/s1. The maximum absolute atomic E-state index is 12.1. The van der Waals surface area contributed by atoms with Crippen LogP contribution in [0.5, 0.6) is 5.75 Å². The summed E-state index contributed by atoms with van der Waals surface area (Å²) in [7, 11) is 1.73. The van der Waals surface area contributed by atoms with Crippen molar-refractivity contribution in [2.24, 2.45) is 5.92 Å². The van der Waals surface area contributed by atoms with Crippen molar-refractivity contribution in [2.75, 3.05) is 46.4 Å². The molecule has 1 spiro atoms. The van der Waals surface area contributed by atoms with Crippen LogP contribution in [-0.4, -0.2) is 67.9 Å². The molecule has 148 valence electrons. The molecule has 0 radical (unpaired) electrons. The van der Waals surface area contributed by atoms with Gasteiger partial charge in [-0.3, -0.25) is 4.90 Å². The highest BCUT2D eigenvalue weighted by Crippen LogP contribution is 2.42. The Hall–Kier alpha value is -1.79. The van der Waals surface area contributed by atoms with E-state index in [2.05, 4.69) is 22.3 Å². The van der Waals surface area contributed by atoms with Crippen LogP contribution in [0.2, 0.25) is 0 Å². The summed E-state index contributed by atoms with van der Waals surface area (Å²) in [6.45, 7) is 6.23. The lowest BCUT2D eigenvalue weighted by atomic mass is 9.78. The third-order valence-electron chi connectivity index (χ3n) is 6.33. The summed E-state index contributed by atoms with van der Waals surface area (Å²) in [5.41, 5.74) is 1.21. The van der Waals surface area contributed by atoms with Crippen molar-refractivity contribution in [2.45, 2.75) is 37.8 Å². The fourth-order valence-corrected chi connectivity index (χ4v) is 4.82. The molecule has 3 heterocycles. The van der Waals surface area contributed by atoms with E-state index in [4.69, 9.17) is 9.47 Å². The lowest BCUT2D eigenvalue weighted by molar-refractivity contribution is -0.136. The number of nitrogens with zero attached hydrogens (tertiary/aromatic N) is 2. The second kappa shape index (κ2) is 8.07. The Labute approximate surface area is 161 Å². The van der Waals surface area contributed by atoms with Gasteiger partial charge in [0.25, 0.3) is 0 Å². The van der Waals surface area contributed by atoms with E-state index in [0.717, 1.165) is 77.3 Å². The maximum atomic E-state index is 12.1. The zero-order valence-corrected chi connectivity index (χ0v) is 16.3. The van der Waals surface area contributed by atoms with Crippen molar-refractivity contribution in [3.05, 3.63) is 29.8 Å². The van der Waals surface area contributed by atoms with E-state index in [9.17, 15) is 4.79 Å². The number of amides is 2. The van der Waals surface area contributed by atoms with Gasteiger partial charge < -0.3 is 19.7 Å². The summed E-state index contributed by atoms with van der Waals surface area (Å²) >= 11 is 0. The summed E-state index contributed by atoms with van der Waals surface area (Å²) in [5, 5.41) is 3.10. The number of hydrogen-bond donors (Lipinski definition) is 1. The molecule has 2 amide bonds. The predicted molar refractivity (Wildman–Crippen MR) is 104 cm³/mol. The predicted octanol–water partition coefficient (Wildman–Crippen LogP) is 2.48. The van der Waals surface area contributed by atoms with Crippen LogP contribution in [-0.2, 0) is 11.3 Å². The van der Waals surface area contributed by atoms with Gasteiger partial charge in [-0.25, -0.2) is 4.79 Å². The van der Waals surface area contributed by atoms with Gasteiger partial charge in [-0.05, 0) is 37.7 Å². The Bertz CT molecular complexity index is 654. The Morgan fingerprint density at radius 2 is 2.07 bits per heavy atom. The largest absolute Gasteiger partial charge is 0.496 e. The molecule has 0 unspecified atom stereocenters. The number of methoxy groups -OCH3 is 1. The van der Waals surface area contributed by atoms with Crippen molar-refractivity contribution >= 4 is 6.03 Å². The first-order valence-corrected chi connectivity index (χ1v) is 10.2. The van der Waals surface area contributed by atoms with Gasteiger partial charge in [-0.15, -0.1) is 0 Å². The highest BCUT2D eigenvalue weighted by atomic mass is 16.5. The molecule has 3 aliphatic heterocycles. The average Bonchev–Trinajstić information content (AvgIpc) is 3.32. The van der Waals surface area contributed by atoms with Crippen LogP contribution in [0, 0.1) is 5.92 Å². The van der Waals surface area contributed by atoms with Gasteiger partial charge in [0, 0.05) is 51.4 Å². The fourth-order valence-electron chi connectivity index (χ4n) is 4.82. The molecule has 0 bridgehead atoms. The van der Waals surface area contributed by atoms with E-state index in [1.807, 2.05) is 17.0 Å². The molecule has 1 atom stereocenters. The summed E-state index contributed by atoms with van der Waals surface area (Å²) < 4.78 is 11.6. The number of para-hydroxylation sites is 1. The Balaban J connectivity index is 1.25. The fraction of sp³-hybridized carbons (Fsp3) is 0.667. The SMILES string of the molecule is COc1ccccc1CN1CC2(C1)OCC[C@@H]2CCNC(=O)N1CCCC1. The Morgan fingerprint density at radius 1 is 1.30 bits per heavy atom.